The van der Waals surface area contributed by atoms with Crippen molar-refractivity contribution in [2.24, 2.45) is 5.92 Å². The molecule has 0 spiro atoms. The minimum absolute atomic E-state index is 0.676. The van der Waals surface area contributed by atoms with Crippen LogP contribution >= 0.6 is 0 Å². The molecule has 3 heterocycles. The maximum atomic E-state index is 8.98. The molecule has 1 atom stereocenters. The highest BCUT2D eigenvalue weighted by Crippen LogP contribution is 2.24. The van der Waals surface area contributed by atoms with Gasteiger partial charge in [-0.05, 0) is 30.9 Å². The fourth-order valence-electron chi connectivity index (χ4n) is 3.28. The Bertz CT molecular complexity index is 530. The monoisotopic (exact) mass is 285 g/mol. The molecule has 0 aliphatic carbocycles. The molecule has 2 saturated heterocycles. The number of nitriles is 1. The molecule has 1 unspecified atom stereocenters. The summed E-state index contributed by atoms with van der Waals surface area (Å²) in [4.78, 5) is 9.39. The van der Waals surface area contributed by atoms with Crippen molar-refractivity contribution in [1.82, 2.24) is 15.2 Å². The van der Waals surface area contributed by atoms with Gasteiger partial charge in [0.05, 0.1) is 5.56 Å². The lowest BCUT2D eigenvalue weighted by molar-refractivity contribution is 0.212. The normalized spacial score (nSPS) is 23.2. The average Bonchev–Trinajstić information content (AvgIpc) is 2.97. The van der Waals surface area contributed by atoms with Gasteiger partial charge in [-0.2, -0.15) is 5.26 Å². The molecule has 1 aromatic heterocycles. The van der Waals surface area contributed by atoms with Crippen LogP contribution in [0, 0.1) is 24.2 Å². The zero-order valence-electron chi connectivity index (χ0n) is 12.7. The second kappa shape index (κ2) is 6.42. The van der Waals surface area contributed by atoms with Crippen molar-refractivity contribution >= 4 is 5.82 Å². The van der Waals surface area contributed by atoms with Crippen molar-refractivity contribution in [3.8, 4) is 6.07 Å². The number of pyridine rings is 1. The Hall–Kier alpha value is -1.64. The minimum Gasteiger partial charge on any atom is -0.356 e. The lowest BCUT2D eigenvalue weighted by atomic mass is 10.1. The number of nitrogens with zero attached hydrogens (tertiary/aromatic N) is 4. The largest absolute Gasteiger partial charge is 0.356 e. The first-order valence-corrected chi connectivity index (χ1v) is 7.81. The number of hydrogen-bond acceptors (Lipinski definition) is 5. The van der Waals surface area contributed by atoms with Crippen molar-refractivity contribution in [2.45, 2.75) is 13.3 Å². The predicted molar refractivity (Wildman–Crippen MR) is 83.3 cm³/mol. The molecule has 0 amide bonds. The third kappa shape index (κ3) is 3.34. The molecule has 2 aliphatic heterocycles. The Morgan fingerprint density at radius 1 is 1.38 bits per heavy atom. The van der Waals surface area contributed by atoms with Crippen LogP contribution in [0.4, 0.5) is 5.82 Å². The first-order chi connectivity index (χ1) is 10.3. The molecule has 2 fully saturated rings. The second-order valence-corrected chi connectivity index (χ2v) is 6.12. The Balaban J connectivity index is 1.59. The van der Waals surface area contributed by atoms with Crippen LogP contribution in [0.2, 0.25) is 0 Å². The average molecular weight is 285 g/mol. The summed E-state index contributed by atoms with van der Waals surface area (Å²) in [5, 5.41) is 12.4. The summed E-state index contributed by atoms with van der Waals surface area (Å²) in [5.74, 6) is 1.76. The number of hydrogen-bond donors (Lipinski definition) is 1. The molecule has 21 heavy (non-hydrogen) atoms. The van der Waals surface area contributed by atoms with Gasteiger partial charge in [0.2, 0.25) is 0 Å². The highest BCUT2D eigenvalue weighted by atomic mass is 15.2. The van der Waals surface area contributed by atoms with E-state index in [-0.39, 0.29) is 0 Å². The molecule has 5 nitrogen and oxygen atoms in total. The lowest BCUT2D eigenvalue weighted by Crippen LogP contribution is -2.45. The van der Waals surface area contributed by atoms with Crippen molar-refractivity contribution in [3.05, 3.63) is 23.4 Å². The van der Waals surface area contributed by atoms with Crippen molar-refractivity contribution in [3.63, 3.8) is 0 Å². The zero-order valence-corrected chi connectivity index (χ0v) is 12.7. The number of rotatable bonds is 3. The van der Waals surface area contributed by atoms with E-state index in [2.05, 4.69) is 26.2 Å². The summed E-state index contributed by atoms with van der Waals surface area (Å²) in [6.45, 7) is 9.93. The number of anilines is 1. The maximum Gasteiger partial charge on any atom is 0.128 e. The van der Waals surface area contributed by atoms with Crippen LogP contribution in [0.3, 0.4) is 0 Å². The van der Waals surface area contributed by atoms with Gasteiger partial charge in [-0.15, -0.1) is 0 Å². The van der Waals surface area contributed by atoms with E-state index in [4.69, 9.17) is 5.26 Å². The van der Waals surface area contributed by atoms with Crippen LogP contribution in [0.1, 0.15) is 17.5 Å². The van der Waals surface area contributed by atoms with E-state index >= 15 is 0 Å². The fraction of sp³-hybridized carbons (Fsp3) is 0.625. The SMILES string of the molecule is Cc1cc(N2CCC(CN3CCNCC3)C2)ncc1C#N. The van der Waals surface area contributed by atoms with Gasteiger partial charge in [0.15, 0.2) is 0 Å². The smallest absolute Gasteiger partial charge is 0.128 e. The summed E-state index contributed by atoms with van der Waals surface area (Å²) < 4.78 is 0. The number of aryl methyl sites for hydroxylation is 1. The van der Waals surface area contributed by atoms with Crippen LogP contribution in [-0.4, -0.2) is 55.7 Å². The van der Waals surface area contributed by atoms with Crippen molar-refractivity contribution in [2.75, 3.05) is 50.7 Å². The fourth-order valence-corrected chi connectivity index (χ4v) is 3.28. The molecule has 5 heteroatoms. The Morgan fingerprint density at radius 3 is 2.90 bits per heavy atom. The van der Waals surface area contributed by atoms with Crippen LogP contribution in [0.15, 0.2) is 12.3 Å². The molecular weight excluding hydrogens is 262 g/mol. The van der Waals surface area contributed by atoms with Gasteiger partial charge in [-0.1, -0.05) is 0 Å². The third-order valence-electron chi connectivity index (χ3n) is 4.55. The van der Waals surface area contributed by atoms with Gasteiger partial charge in [0, 0.05) is 52.0 Å². The zero-order chi connectivity index (χ0) is 14.7. The Morgan fingerprint density at radius 2 is 2.19 bits per heavy atom. The minimum atomic E-state index is 0.676. The molecule has 2 aliphatic rings. The van der Waals surface area contributed by atoms with Crippen molar-refractivity contribution < 1.29 is 0 Å². The van der Waals surface area contributed by atoms with E-state index in [0.29, 0.717) is 5.56 Å². The second-order valence-electron chi connectivity index (χ2n) is 6.12. The lowest BCUT2D eigenvalue weighted by Gasteiger charge is -2.29. The summed E-state index contributed by atoms with van der Waals surface area (Å²) >= 11 is 0. The summed E-state index contributed by atoms with van der Waals surface area (Å²) in [6, 6.07) is 4.23. The Labute approximate surface area is 126 Å². The van der Waals surface area contributed by atoms with Crippen LogP contribution < -0.4 is 10.2 Å². The molecular formula is C16H23N5. The molecule has 112 valence electrons. The van der Waals surface area contributed by atoms with Gasteiger partial charge < -0.3 is 15.1 Å². The van der Waals surface area contributed by atoms with Gasteiger partial charge in [-0.3, -0.25) is 0 Å². The molecule has 0 saturated carbocycles. The summed E-state index contributed by atoms with van der Waals surface area (Å²) in [7, 11) is 0. The number of nitrogens with one attached hydrogen (secondary N) is 1. The van der Waals surface area contributed by atoms with Crippen LogP contribution in [0.5, 0.6) is 0 Å². The van der Waals surface area contributed by atoms with Gasteiger partial charge in [0.25, 0.3) is 0 Å². The van der Waals surface area contributed by atoms with Gasteiger partial charge >= 0.3 is 0 Å². The predicted octanol–water partition coefficient (Wildman–Crippen LogP) is 0.993. The molecule has 3 rings (SSSR count). The van der Waals surface area contributed by atoms with E-state index in [0.717, 1.165) is 43.5 Å². The first kappa shape index (κ1) is 14.3. The standard InChI is InChI=1S/C16H23N5/c1-13-8-16(19-10-15(13)9-17)21-5-2-14(12-21)11-20-6-3-18-4-7-20/h8,10,14,18H,2-7,11-12H2,1H3. The summed E-state index contributed by atoms with van der Waals surface area (Å²) in [6.07, 6.45) is 2.94. The quantitative estimate of drug-likeness (QED) is 0.897. The summed E-state index contributed by atoms with van der Waals surface area (Å²) in [5.41, 5.74) is 1.70. The molecule has 0 aromatic carbocycles. The Kier molecular flexibility index (Phi) is 4.37. The van der Waals surface area contributed by atoms with E-state index in [1.807, 2.05) is 13.0 Å². The first-order valence-electron chi connectivity index (χ1n) is 7.81. The molecule has 0 radical (unpaired) electrons. The topological polar surface area (TPSA) is 55.2 Å². The van der Waals surface area contributed by atoms with E-state index in [9.17, 15) is 0 Å². The maximum absolute atomic E-state index is 8.98. The molecule has 0 bridgehead atoms. The van der Waals surface area contributed by atoms with Gasteiger partial charge in [-0.25, -0.2) is 4.98 Å². The van der Waals surface area contributed by atoms with E-state index in [1.54, 1.807) is 6.20 Å². The third-order valence-corrected chi connectivity index (χ3v) is 4.55. The van der Waals surface area contributed by atoms with Crippen molar-refractivity contribution in [1.29, 1.82) is 5.26 Å². The van der Waals surface area contributed by atoms with E-state index < -0.39 is 0 Å². The van der Waals surface area contributed by atoms with Crippen LogP contribution in [0.25, 0.3) is 0 Å². The van der Waals surface area contributed by atoms with E-state index in [1.165, 1.54) is 26.1 Å². The highest BCUT2D eigenvalue weighted by molar-refractivity contribution is 5.47. The number of piperazine rings is 1. The van der Waals surface area contributed by atoms with Crippen LogP contribution in [-0.2, 0) is 0 Å². The van der Waals surface area contributed by atoms with Gasteiger partial charge in [0.1, 0.15) is 11.9 Å². The molecule has 1 aromatic rings. The number of aromatic nitrogens is 1. The highest BCUT2D eigenvalue weighted by Gasteiger charge is 2.26. The molecule has 1 N–H and O–H groups in total.